The zero-order valence-electron chi connectivity index (χ0n) is 18.9. The number of nitrogens with zero attached hydrogens (tertiary/aromatic N) is 1. The normalized spacial score (nSPS) is 21.2. The summed E-state index contributed by atoms with van der Waals surface area (Å²) >= 11 is 0. The number of piperidine rings is 1. The van der Waals surface area contributed by atoms with Crippen molar-refractivity contribution in [3.05, 3.63) is 17.7 Å². The Balaban J connectivity index is 0.000000225. The minimum Gasteiger partial charge on any atom is -0.356 e. The van der Waals surface area contributed by atoms with Crippen molar-refractivity contribution in [1.29, 1.82) is 5.41 Å². The lowest BCUT2D eigenvalue weighted by atomic mass is 9.90. The quantitative estimate of drug-likeness (QED) is 0.318. The van der Waals surface area contributed by atoms with Gasteiger partial charge in [-0.15, -0.1) is 0 Å². The van der Waals surface area contributed by atoms with E-state index in [2.05, 4.69) is 29.1 Å². The van der Waals surface area contributed by atoms with Gasteiger partial charge in [-0.05, 0) is 64.2 Å². The van der Waals surface area contributed by atoms with Crippen molar-refractivity contribution in [3.8, 4) is 0 Å². The fourth-order valence-corrected chi connectivity index (χ4v) is 4.45. The Morgan fingerprint density at radius 2 is 2.13 bits per heavy atom. The van der Waals surface area contributed by atoms with Crippen LogP contribution in [0.4, 0.5) is 8.78 Å². The highest BCUT2D eigenvalue weighted by molar-refractivity contribution is 7.18. The van der Waals surface area contributed by atoms with Crippen LogP contribution < -0.4 is 11.1 Å². The second-order valence-electron chi connectivity index (χ2n) is 9.51. The molecule has 0 radical (unpaired) electrons. The van der Waals surface area contributed by atoms with Crippen LogP contribution in [0.25, 0.3) is 0 Å². The van der Waals surface area contributed by atoms with Gasteiger partial charge in [-0.1, -0.05) is 23.1 Å². The van der Waals surface area contributed by atoms with E-state index >= 15 is 0 Å². The summed E-state index contributed by atoms with van der Waals surface area (Å²) in [5, 5.41) is 10.6. The van der Waals surface area contributed by atoms with Crippen molar-refractivity contribution < 1.29 is 13.6 Å². The average Bonchev–Trinajstić information content (AvgIpc) is 3.35. The lowest BCUT2D eigenvalue weighted by molar-refractivity contribution is -0.126. The van der Waals surface area contributed by atoms with E-state index in [0.717, 1.165) is 43.0 Å². The smallest absolute Gasteiger partial charge is 0.264 e. The molecule has 0 spiro atoms. The molecule has 1 saturated heterocycles. The number of imidazole rings is 1. The topological polar surface area (TPSA) is 108 Å². The number of carbonyl (C=O) groups excluding carboxylic acids is 1. The molecule has 1 saturated carbocycles. The molecule has 3 unspecified atom stereocenters. The Labute approximate surface area is 186 Å². The molecular weight excluding hydrogens is 419 g/mol. The van der Waals surface area contributed by atoms with Crippen LogP contribution in [0.1, 0.15) is 82.8 Å². The van der Waals surface area contributed by atoms with Crippen molar-refractivity contribution in [3.63, 3.8) is 0 Å². The van der Waals surface area contributed by atoms with E-state index in [-0.39, 0.29) is 17.9 Å². The Morgan fingerprint density at radius 3 is 2.61 bits per heavy atom. The van der Waals surface area contributed by atoms with Gasteiger partial charge in [-0.3, -0.25) is 4.79 Å². The number of hydrogen-bond acceptors (Lipinski definition) is 4. The molecule has 0 aromatic carbocycles. The first-order valence-electron chi connectivity index (χ1n) is 11.2. The number of alkyl halides is 2. The fourth-order valence-electron chi connectivity index (χ4n) is 4.02. The molecule has 1 aliphatic carbocycles. The number of aryl methyl sites for hydroxylation is 1. The Kier molecular flexibility index (Phi) is 9.14. The second kappa shape index (κ2) is 11.0. The molecule has 5 N–H and O–H groups in total. The highest BCUT2D eigenvalue weighted by Gasteiger charge is 2.58. The zero-order chi connectivity index (χ0) is 23.2. The zero-order valence-corrected chi connectivity index (χ0v) is 20.1. The molecular formula is C22H38F2N5OP. The first-order valence-corrected chi connectivity index (χ1v) is 11.8. The summed E-state index contributed by atoms with van der Waals surface area (Å²) in [5.41, 5.74) is 4.01. The lowest BCUT2D eigenvalue weighted by Crippen LogP contribution is -2.37. The number of nitrogens with one attached hydrogen (secondary N) is 3. The van der Waals surface area contributed by atoms with E-state index in [0.29, 0.717) is 38.0 Å². The van der Waals surface area contributed by atoms with E-state index in [4.69, 9.17) is 11.1 Å². The van der Waals surface area contributed by atoms with E-state index in [9.17, 15) is 13.6 Å². The van der Waals surface area contributed by atoms with Gasteiger partial charge in [0.25, 0.3) is 5.66 Å². The number of aromatic nitrogens is 2. The molecule has 176 valence electrons. The van der Waals surface area contributed by atoms with Crippen molar-refractivity contribution in [2.24, 2.45) is 23.0 Å². The third-order valence-corrected chi connectivity index (χ3v) is 6.78. The number of carbonyl (C=O) groups is 1. The minimum absolute atomic E-state index is 0.0648. The summed E-state index contributed by atoms with van der Waals surface area (Å²) in [6.07, 6.45) is 7.38. The molecule has 2 aliphatic rings. The number of halogens is 2. The maximum atomic E-state index is 13.3. The molecule has 1 amide bonds. The molecule has 9 heteroatoms. The van der Waals surface area contributed by atoms with E-state index in [1.54, 1.807) is 15.4 Å². The Morgan fingerprint density at radius 1 is 1.45 bits per heavy atom. The van der Waals surface area contributed by atoms with Crippen molar-refractivity contribution in [2.45, 2.75) is 83.8 Å². The third kappa shape index (κ3) is 7.90. The van der Waals surface area contributed by atoms with Gasteiger partial charge >= 0.3 is 0 Å². The highest BCUT2D eigenvalue weighted by Crippen LogP contribution is 2.62. The number of amides is 1. The van der Waals surface area contributed by atoms with Crippen LogP contribution in [0.2, 0.25) is 0 Å². The van der Waals surface area contributed by atoms with Crippen LogP contribution in [-0.2, 0) is 4.79 Å². The predicted molar refractivity (Wildman–Crippen MR) is 123 cm³/mol. The monoisotopic (exact) mass is 457 g/mol. The number of aromatic amines is 1. The summed E-state index contributed by atoms with van der Waals surface area (Å²) in [6, 6.07) is -0.235. The molecule has 3 rings (SSSR count). The van der Waals surface area contributed by atoms with Gasteiger partial charge in [-0.25, -0.2) is 13.8 Å². The van der Waals surface area contributed by atoms with Crippen molar-refractivity contribution in [1.82, 2.24) is 15.3 Å². The van der Waals surface area contributed by atoms with Crippen molar-refractivity contribution in [2.75, 3.05) is 6.54 Å². The largest absolute Gasteiger partial charge is 0.356 e. The molecule has 1 aromatic rings. The van der Waals surface area contributed by atoms with E-state index in [1.807, 2.05) is 6.92 Å². The van der Waals surface area contributed by atoms with Gasteiger partial charge in [0.15, 0.2) is 0 Å². The predicted octanol–water partition coefficient (Wildman–Crippen LogP) is 4.71. The molecule has 0 bridgehead atoms. The summed E-state index contributed by atoms with van der Waals surface area (Å²) in [7, 11) is 1.67. The van der Waals surface area contributed by atoms with Crippen LogP contribution in [0.5, 0.6) is 0 Å². The first-order chi connectivity index (χ1) is 14.4. The van der Waals surface area contributed by atoms with Crippen LogP contribution in [0.3, 0.4) is 0 Å². The van der Waals surface area contributed by atoms with Gasteiger partial charge in [0.2, 0.25) is 5.91 Å². The van der Waals surface area contributed by atoms with Crippen molar-refractivity contribution >= 4 is 20.9 Å². The third-order valence-electron chi connectivity index (χ3n) is 6.16. The van der Waals surface area contributed by atoms with Gasteiger partial charge < -0.3 is 21.4 Å². The molecule has 1 aliphatic heterocycles. The molecule has 6 nitrogen and oxygen atoms in total. The maximum Gasteiger partial charge on any atom is 0.264 e. The minimum atomic E-state index is -2.67. The number of nitrogens with two attached hydrogens (primary N) is 1. The molecule has 3 atom stereocenters. The summed E-state index contributed by atoms with van der Waals surface area (Å²) < 4.78 is 26.6. The Bertz CT molecular complexity index is 743. The standard InChI is InChI=1S/C11H18F2N3P.C11H20N2O/c1-7-15-6-9(16-7)8(14)2-3-10(4-5-10)11(12,13)17;1-8(2)6-10(12)7-9-4-3-5-13-11(9)14/h6,8H,2-5,14,17H2,1H3,(H,15,16);8-9,12H,3-7H2,1-2H3,(H,13,14). The average molecular weight is 458 g/mol. The summed E-state index contributed by atoms with van der Waals surface area (Å²) in [6.45, 7) is 6.87. The Hall–Kier alpha value is -1.40. The lowest BCUT2D eigenvalue weighted by Gasteiger charge is -2.23. The maximum absolute atomic E-state index is 13.3. The molecule has 31 heavy (non-hydrogen) atoms. The highest BCUT2D eigenvalue weighted by atomic mass is 31.0. The van der Waals surface area contributed by atoms with Crippen LogP contribution in [0.15, 0.2) is 6.20 Å². The van der Waals surface area contributed by atoms with Gasteiger partial charge in [0.1, 0.15) is 5.82 Å². The second-order valence-corrected chi connectivity index (χ2v) is 10.2. The summed E-state index contributed by atoms with van der Waals surface area (Å²) in [4.78, 5) is 18.5. The first kappa shape index (κ1) is 25.9. The number of H-pyrrole nitrogens is 1. The summed E-state index contributed by atoms with van der Waals surface area (Å²) in [5.74, 6) is 1.53. The molecule has 1 aromatic heterocycles. The van der Waals surface area contributed by atoms with E-state index in [1.165, 1.54) is 0 Å². The van der Waals surface area contributed by atoms with Crippen LogP contribution >= 0.6 is 9.24 Å². The SMILES string of the molecule is CC(C)CC(=N)CC1CCCNC1=O.Cc1ncc(C(N)CCC2(C(F)(F)P)CC2)[nH]1. The number of hydrogen-bond donors (Lipinski definition) is 4. The van der Waals surface area contributed by atoms with Gasteiger partial charge in [0, 0.05) is 35.8 Å². The van der Waals surface area contributed by atoms with Crippen LogP contribution in [0, 0.1) is 29.6 Å². The molecule has 2 heterocycles. The molecule has 2 fully saturated rings. The fraction of sp³-hybridized carbons (Fsp3) is 0.773. The van der Waals surface area contributed by atoms with Gasteiger partial charge in [0.05, 0.1) is 5.69 Å². The van der Waals surface area contributed by atoms with E-state index < -0.39 is 11.1 Å². The van der Waals surface area contributed by atoms with Gasteiger partial charge in [-0.2, -0.15) is 0 Å². The van der Waals surface area contributed by atoms with Crippen LogP contribution in [-0.4, -0.2) is 33.8 Å². The number of rotatable bonds is 9.